The van der Waals surface area contributed by atoms with Gasteiger partial charge < -0.3 is 10.1 Å². The number of amides is 1. The van der Waals surface area contributed by atoms with Gasteiger partial charge in [-0.1, -0.05) is 53.7 Å². The minimum absolute atomic E-state index is 0.0256. The van der Waals surface area contributed by atoms with E-state index in [1.807, 2.05) is 66.9 Å². The van der Waals surface area contributed by atoms with Gasteiger partial charge in [-0.05, 0) is 17.7 Å². The van der Waals surface area contributed by atoms with Crippen molar-refractivity contribution in [2.24, 2.45) is 0 Å². The van der Waals surface area contributed by atoms with E-state index in [9.17, 15) is 4.79 Å². The Morgan fingerprint density at radius 1 is 1.04 bits per heavy atom. The Labute approximate surface area is 140 Å². The largest absolute Gasteiger partial charge is 0.484 e. The predicted molar refractivity (Wildman–Crippen MR) is 89.3 cm³/mol. The van der Waals surface area contributed by atoms with E-state index in [0.717, 1.165) is 5.56 Å². The highest BCUT2D eigenvalue weighted by atomic mass is 16.5. The van der Waals surface area contributed by atoms with Crippen molar-refractivity contribution in [1.29, 1.82) is 0 Å². The number of carbonyl (C=O) groups is 1. The maximum atomic E-state index is 11.8. The second-order valence-electron chi connectivity index (χ2n) is 5.27. The molecule has 6 nitrogen and oxygen atoms in total. The zero-order valence-corrected chi connectivity index (χ0v) is 13.1. The highest BCUT2D eigenvalue weighted by Gasteiger charge is 2.06. The van der Waals surface area contributed by atoms with E-state index in [0.29, 0.717) is 24.5 Å². The second kappa shape index (κ2) is 7.92. The highest BCUT2D eigenvalue weighted by molar-refractivity contribution is 5.77. The first kappa shape index (κ1) is 15.7. The zero-order valence-electron chi connectivity index (χ0n) is 13.1. The van der Waals surface area contributed by atoms with Gasteiger partial charge in [0.1, 0.15) is 11.4 Å². The molecule has 0 saturated carbocycles. The summed E-state index contributed by atoms with van der Waals surface area (Å²) in [6, 6.07) is 19.2. The second-order valence-corrected chi connectivity index (χ2v) is 5.27. The molecule has 1 aromatic heterocycles. The van der Waals surface area contributed by atoms with Crippen LogP contribution in [0, 0.1) is 0 Å². The summed E-state index contributed by atoms with van der Waals surface area (Å²) in [7, 11) is 0. The summed E-state index contributed by atoms with van der Waals surface area (Å²) in [6.45, 7) is 0.951. The van der Waals surface area contributed by atoms with E-state index in [1.54, 1.807) is 4.68 Å². The lowest BCUT2D eigenvalue weighted by molar-refractivity contribution is -0.123. The molecule has 24 heavy (non-hydrogen) atoms. The minimum atomic E-state index is -0.198. The molecule has 0 radical (unpaired) electrons. The normalized spacial score (nSPS) is 10.3. The molecule has 3 rings (SSSR count). The van der Waals surface area contributed by atoms with E-state index in [2.05, 4.69) is 15.6 Å². The minimum Gasteiger partial charge on any atom is -0.484 e. The lowest BCUT2D eigenvalue weighted by atomic mass is 10.2. The Morgan fingerprint density at radius 2 is 1.75 bits per heavy atom. The van der Waals surface area contributed by atoms with Crippen molar-refractivity contribution in [3.05, 3.63) is 78.1 Å². The van der Waals surface area contributed by atoms with Crippen LogP contribution >= 0.6 is 0 Å². The molecule has 0 fully saturated rings. The molecule has 6 heteroatoms. The van der Waals surface area contributed by atoms with Gasteiger partial charge in [-0.15, -0.1) is 5.10 Å². The van der Waals surface area contributed by atoms with Crippen molar-refractivity contribution in [3.8, 4) is 5.75 Å². The molecule has 0 saturated heterocycles. The zero-order chi connectivity index (χ0) is 16.6. The quantitative estimate of drug-likeness (QED) is 0.722. The third kappa shape index (κ3) is 4.67. The van der Waals surface area contributed by atoms with Gasteiger partial charge >= 0.3 is 0 Å². The van der Waals surface area contributed by atoms with Crippen LogP contribution in [0.25, 0.3) is 0 Å². The van der Waals surface area contributed by atoms with Gasteiger partial charge in [0.05, 0.1) is 19.3 Å². The van der Waals surface area contributed by atoms with E-state index in [4.69, 9.17) is 4.74 Å². The number of nitrogens with zero attached hydrogens (tertiary/aromatic N) is 3. The van der Waals surface area contributed by atoms with E-state index < -0.39 is 0 Å². The number of hydrogen-bond acceptors (Lipinski definition) is 4. The molecule has 0 aliphatic rings. The fourth-order valence-electron chi connectivity index (χ4n) is 2.17. The van der Waals surface area contributed by atoms with Crippen LogP contribution in [0.15, 0.2) is 66.9 Å². The van der Waals surface area contributed by atoms with Gasteiger partial charge in [0.2, 0.25) is 0 Å². The van der Waals surface area contributed by atoms with Crippen molar-refractivity contribution in [1.82, 2.24) is 20.3 Å². The van der Waals surface area contributed by atoms with Crippen molar-refractivity contribution in [2.45, 2.75) is 13.1 Å². The van der Waals surface area contributed by atoms with Crippen LogP contribution in [0.4, 0.5) is 0 Å². The lowest BCUT2D eigenvalue weighted by Crippen LogP contribution is -2.28. The third-order valence-corrected chi connectivity index (χ3v) is 3.35. The highest BCUT2D eigenvalue weighted by Crippen LogP contribution is 2.07. The molecule has 0 bridgehead atoms. The molecule has 0 aliphatic heterocycles. The first-order chi connectivity index (χ1) is 11.8. The molecule has 2 aromatic carbocycles. The number of para-hydroxylation sites is 1. The molecule has 1 N–H and O–H groups in total. The van der Waals surface area contributed by atoms with Crippen LogP contribution in [0.3, 0.4) is 0 Å². The number of benzene rings is 2. The number of aromatic nitrogens is 3. The smallest absolute Gasteiger partial charge is 0.258 e. The van der Waals surface area contributed by atoms with Gasteiger partial charge in [0, 0.05) is 0 Å². The SMILES string of the molecule is O=C(COc1ccccc1)NCc1cn(Cc2ccccc2)nn1. The average Bonchev–Trinajstić information content (AvgIpc) is 3.07. The molecule has 0 spiro atoms. The fourth-order valence-corrected chi connectivity index (χ4v) is 2.17. The van der Waals surface area contributed by atoms with Gasteiger partial charge in [0.15, 0.2) is 6.61 Å². The van der Waals surface area contributed by atoms with Gasteiger partial charge in [-0.3, -0.25) is 4.79 Å². The average molecular weight is 322 g/mol. The van der Waals surface area contributed by atoms with E-state index in [1.165, 1.54) is 0 Å². The number of hydrogen-bond donors (Lipinski definition) is 1. The standard InChI is InChI=1S/C18H18N4O2/c23-18(14-24-17-9-5-2-6-10-17)19-11-16-13-22(21-20-16)12-15-7-3-1-4-8-15/h1-10,13H,11-12,14H2,(H,19,23). The molecule has 3 aromatic rings. The van der Waals surface area contributed by atoms with Gasteiger partial charge in [-0.2, -0.15) is 0 Å². The monoisotopic (exact) mass is 322 g/mol. The van der Waals surface area contributed by atoms with Crippen LogP contribution in [-0.4, -0.2) is 27.5 Å². The van der Waals surface area contributed by atoms with Crippen molar-refractivity contribution in [2.75, 3.05) is 6.61 Å². The number of rotatable bonds is 7. The molecule has 122 valence electrons. The molecule has 0 unspecified atom stereocenters. The summed E-state index contributed by atoms with van der Waals surface area (Å²) >= 11 is 0. The third-order valence-electron chi connectivity index (χ3n) is 3.35. The van der Waals surface area contributed by atoms with Crippen LogP contribution in [-0.2, 0) is 17.9 Å². The topological polar surface area (TPSA) is 69.0 Å². The first-order valence-corrected chi connectivity index (χ1v) is 7.67. The summed E-state index contributed by atoms with van der Waals surface area (Å²) < 4.78 is 7.13. The van der Waals surface area contributed by atoms with Crippen molar-refractivity contribution < 1.29 is 9.53 Å². The van der Waals surface area contributed by atoms with Crippen molar-refractivity contribution in [3.63, 3.8) is 0 Å². The summed E-state index contributed by atoms with van der Waals surface area (Å²) in [5.41, 5.74) is 1.85. The summed E-state index contributed by atoms with van der Waals surface area (Å²) in [4.78, 5) is 11.8. The Hall–Kier alpha value is -3.15. The Morgan fingerprint density at radius 3 is 2.50 bits per heavy atom. The van der Waals surface area contributed by atoms with Gasteiger partial charge in [-0.25, -0.2) is 4.68 Å². The summed E-state index contributed by atoms with van der Waals surface area (Å²) in [5, 5.41) is 10.9. The first-order valence-electron chi connectivity index (χ1n) is 7.67. The van der Waals surface area contributed by atoms with Crippen LogP contribution in [0.1, 0.15) is 11.3 Å². The predicted octanol–water partition coefficient (Wildman–Crippen LogP) is 2.02. The lowest BCUT2D eigenvalue weighted by Gasteiger charge is -2.06. The Kier molecular flexibility index (Phi) is 5.19. The molecule has 0 aliphatic carbocycles. The van der Waals surface area contributed by atoms with Crippen LogP contribution < -0.4 is 10.1 Å². The maximum Gasteiger partial charge on any atom is 0.258 e. The number of ether oxygens (including phenoxy) is 1. The number of carbonyl (C=O) groups excluding carboxylic acids is 1. The van der Waals surface area contributed by atoms with Gasteiger partial charge in [0.25, 0.3) is 5.91 Å². The van der Waals surface area contributed by atoms with Crippen LogP contribution in [0.5, 0.6) is 5.75 Å². The summed E-state index contributed by atoms with van der Waals surface area (Å²) in [6.07, 6.45) is 1.82. The Bertz CT molecular complexity index is 772. The van der Waals surface area contributed by atoms with Crippen molar-refractivity contribution >= 4 is 5.91 Å². The Balaban J connectivity index is 1.44. The molecular formula is C18H18N4O2. The molecule has 1 heterocycles. The fraction of sp³-hybridized carbons (Fsp3) is 0.167. The van der Waals surface area contributed by atoms with Crippen LogP contribution in [0.2, 0.25) is 0 Å². The van der Waals surface area contributed by atoms with E-state index in [-0.39, 0.29) is 12.5 Å². The summed E-state index contributed by atoms with van der Waals surface area (Å²) in [5.74, 6) is 0.470. The maximum absolute atomic E-state index is 11.8. The van der Waals surface area contributed by atoms with E-state index >= 15 is 0 Å². The molecular weight excluding hydrogens is 304 g/mol. The number of nitrogens with one attached hydrogen (secondary N) is 1. The molecule has 1 amide bonds. The molecule has 0 atom stereocenters.